The van der Waals surface area contributed by atoms with Crippen molar-refractivity contribution in [1.82, 2.24) is 9.80 Å². The first kappa shape index (κ1) is 19.1. The number of hydrogen-bond donors (Lipinski definition) is 1. The quantitative estimate of drug-likeness (QED) is 0.798. The summed E-state index contributed by atoms with van der Waals surface area (Å²) in [5, 5.41) is 9.92. The van der Waals surface area contributed by atoms with Gasteiger partial charge in [-0.15, -0.1) is 0 Å². The zero-order valence-corrected chi connectivity index (χ0v) is 16.3. The van der Waals surface area contributed by atoms with Crippen LogP contribution in [0.4, 0.5) is 0 Å². The van der Waals surface area contributed by atoms with E-state index in [0.29, 0.717) is 10.2 Å². The molecule has 2 rings (SSSR count). The number of phenols is 1. The van der Waals surface area contributed by atoms with Crippen LogP contribution in [0.5, 0.6) is 11.5 Å². The Labute approximate surface area is 152 Å². The fourth-order valence-corrected chi connectivity index (χ4v) is 3.82. The van der Waals surface area contributed by atoms with Crippen molar-refractivity contribution in [3.05, 3.63) is 22.2 Å². The Balaban J connectivity index is 2.05. The molecule has 1 unspecified atom stereocenters. The van der Waals surface area contributed by atoms with E-state index in [1.54, 1.807) is 7.11 Å². The van der Waals surface area contributed by atoms with E-state index in [9.17, 15) is 9.90 Å². The molecule has 0 aromatic heterocycles. The van der Waals surface area contributed by atoms with Gasteiger partial charge in [0.2, 0.25) is 5.91 Å². The largest absolute Gasteiger partial charge is 0.503 e. The topological polar surface area (TPSA) is 53.0 Å². The zero-order chi connectivity index (χ0) is 17.7. The maximum atomic E-state index is 12.6. The summed E-state index contributed by atoms with van der Waals surface area (Å²) in [6.45, 7) is 8.13. The first-order chi connectivity index (χ1) is 11.5. The molecule has 1 fully saturated rings. The molecule has 24 heavy (non-hydrogen) atoms. The van der Waals surface area contributed by atoms with Crippen LogP contribution in [0.2, 0.25) is 0 Å². The number of hydrogen-bond acceptors (Lipinski definition) is 4. The summed E-state index contributed by atoms with van der Waals surface area (Å²) in [4.78, 5) is 16.8. The van der Waals surface area contributed by atoms with Crippen LogP contribution < -0.4 is 4.74 Å². The third-order valence-electron chi connectivity index (χ3n) is 4.64. The van der Waals surface area contributed by atoms with E-state index in [1.165, 1.54) is 0 Å². The van der Waals surface area contributed by atoms with Gasteiger partial charge in [0.1, 0.15) is 0 Å². The van der Waals surface area contributed by atoms with Crippen molar-refractivity contribution >= 4 is 21.8 Å². The summed E-state index contributed by atoms with van der Waals surface area (Å²) in [6.07, 6.45) is 2.00. The lowest BCUT2D eigenvalue weighted by Crippen LogP contribution is -2.44. The summed E-state index contributed by atoms with van der Waals surface area (Å²) in [7, 11) is 1.55. The standard InChI is InChI=1S/C18H27BrN2O3/c1-4-21(5-2)18(23)14-7-6-8-20(12-14)11-13-9-15(19)17(22)16(10-13)24-3/h9-10,14,22H,4-8,11-12H2,1-3H3. The predicted molar refractivity (Wildman–Crippen MR) is 98.3 cm³/mol. The smallest absolute Gasteiger partial charge is 0.226 e. The molecular weight excluding hydrogens is 372 g/mol. The van der Waals surface area contributed by atoms with Gasteiger partial charge in [-0.05, 0) is 66.9 Å². The van der Waals surface area contributed by atoms with Crippen LogP contribution >= 0.6 is 15.9 Å². The fraction of sp³-hybridized carbons (Fsp3) is 0.611. The van der Waals surface area contributed by atoms with E-state index >= 15 is 0 Å². The molecule has 0 spiro atoms. The minimum atomic E-state index is 0.0844. The highest BCUT2D eigenvalue weighted by atomic mass is 79.9. The fourth-order valence-electron chi connectivity index (χ4n) is 3.33. The molecule has 1 heterocycles. The summed E-state index contributed by atoms with van der Waals surface area (Å²) in [5.41, 5.74) is 1.06. The highest BCUT2D eigenvalue weighted by Crippen LogP contribution is 2.35. The maximum Gasteiger partial charge on any atom is 0.226 e. The molecule has 5 nitrogen and oxygen atoms in total. The summed E-state index contributed by atoms with van der Waals surface area (Å²) < 4.78 is 5.85. The van der Waals surface area contributed by atoms with Crippen molar-refractivity contribution in [2.75, 3.05) is 33.3 Å². The average molecular weight is 399 g/mol. The number of rotatable bonds is 6. The minimum absolute atomic E-state index is 0.0844. The Morgan fingerprint density at radius 1 is 1.42 bits per heavy atom. The number of ether oxygens (including phenoxy) is 1. The number of carbonyl (C=O) groups is 1. The number of methoxy groups -OCH3 is 1. The van der Waals surface area contributed by atoms with Gasteiger partial charge in [-0.1, -0.05) is 0 Å². The Hall–Kier alpha value is -1.27. The molecule has 1 atom stereocenters. The molecule has 1 N–H and O–H groups in total. The SMILES string of the molecule is CCN(CC)C(=O)C1CCCN(Cc2cc(Br)c(O)c(OC)c2)C1. The number of likely N-dealkylation sites (tertiary alicyclic amines) is 1. The number of halogens is 1. The lowest BCUT2D eigenvalue weighted by molar-refractivity contribution is -0.137. The number of piperidine rings is 1. The Morgan fingerprint density at radius 3 is 2.75 bits per heavy atom. The molecule has 1 saturated heterocycles. The predicted octanol–water partition coefficient (Wildman–Crippen LogP) is 3.24. The van der Waals surface area contributed by atoms with Gasteiger partial charge in [-0.2, -0.15) is 0 Å². The third kappa shape index (κ3) is 4.42. The Morgan fingerprint density at radius 2 is 2.12 bits per heavy atom. The summed E-state index contributed by atoms with van der Waals surface area (Å²) >= 11 is 3.37. The van der Waals surface area contributed by atoms with Gasteiger partial charge in [0.25, 0.3) is 0 Å². The van der Waals surface area contributed by atoms with Gasteiger partial charge in [-0.3, -0.25) is 9.69 Å². The zero-order valence-electron chi connectivity index (χ0n) is 14.7. The first-order valence-corrected chi connectivity index (χ1v) is 9.35. The van der Waals surface area contributed by atoms with Gasteiger partial charge >= 0.3 is 0 Å². The van der Waals surface area contributed by atoms with Crippen LogP contribution in [0.25, 0.3) is 0 Å². The van der Waals surface area contributed by atoms with Crippen LogP contribution in [-0.2, 0) is 11.3 Å². The van der Waals surface area contributed by atoms with Crippen LogP contribution in [-0.4, -0.2) is 54.1 Å². The number of amides is 1. The number of nitrogens with zero attached hydrogens (tertiary/aromatic N) is 2. The highest BCUT2D eigenvalue weighted by molar-refractivity contribution is 9.10. The summed E-state index contributed by atoms with van der Waals surface area (Å²) in [6, 6.07) is 3.77. The van der Waals surface area contributed by atoms with Crippen molar-refractivity contribution in [3.63, 3.8) is 0 Å². The van der Waals surface area contributed by atoms with E-state index in [-0.39, 0.29) is 17.6 Å². The molecule has 1 aromatic rings. The van der Waals surface area contributed by atoms with E-state index in [4.69, 9.17) is 4.74 Å². The van der Waals surface area contributed by atoms with Crippen molar-refractivity contribution in [1.29, 1.82) is 0 Å². The first-order valence-electron chi connectivity index (χ1n) is 8.56. The second-order valence-electron chi connectivity index (χ2n) is 6.21. The van der Waals surface area contributed by atoms with Gasteiger partial charge in [0.05, 0.1) is 17.5 Å². The molecule has 6 heteroatoms. The molecule has 134 valence electrons. The average Bonchev–Trinajstić information content (AvgIpc) is 2.59. The highest BCUT2D eigenvalue weighted by Gasteiger charge is 2.28. The molecule has 1 amide bonds. The van der Waals surface area contributed by atoms with E-state index in [2.05, 4.69) is 20.8 Å². The van der Waals surface area contributed by atoms with E-state index < -0.39 is 0 Å². The number of carbonyl (C=O) groups excluding carboxylic acids is 1. The molecule has 1 aliphatic rings. The number of benzene rings is 1. The summed E-state index contributed by atoms with van der Waals surface area (Å²) in [5.74, 6) is 0.942. The lowest BCUT2D eigenvalue weighted by atomic mass is 9.96. The maximum absolute atomic E-state index is 12.6. The normalized spacial score (nSPS) is 18.4. The molecule has 0 aliphatic carbocycles. The molecule has 1 aliphatic heterocycles. The van der Waals surface area contributed by atoms with E-state index in [1.807, 2.05) is 30.9 Å². The van der Waals surface area contributed by atoms with Crippen LogP contribution in [0, 0.1) is 5.92 Å². The second-order valence-corrected chi connectivity index (χ2v) is 7.07. The molecular formula is C18H27BrN2O3. The van der Waals surface area contributed by atoms with Gasteiger partial charge < -0.3 is 14.7 Å². The monoisotopic (exact) mass is 398 g/mol. The van der Waals surface area contributed by atoms with Crippen molar-refractivity contribution in [2.24, 2.45) is 5.92 Å². The second kappa shape index (κ2) is 8.72. The number of aromatic hydroxyl groups is 1. The van der Waals surface area contributed by atoms with Crippen molar-refractivity contribution in [3.8, 4) is 11.5 Å². The van der Waals surface area contributed by atoms with E-state index in [0.717, 1.165) is 51.1 Å². The Kier molecular flexibility index (Phi) is 6.92. The molecule has 0 saturated carbocycles. The minimum Gasteiger partial charge on any atom is -0.503 e. The van der Waals surface area contributed by atoms with Gasteiger partial charge in [0, 0.05) is 26.2 Å². The molecule has 0 bridgehead atoms. The molecule has 1 aromatic carbocycles. The molecule has 0 radical (unpaired) electrons. The Bertz CT molecular complexity index is 576. The van der Waals surface area contributed by atoms with Crippen LogP contribution in [0.3, 0.4) is 0 Å². The van der Waals surface area contributed by atoms with Crippen molar-refractivity contribution in [2.45, 2.75) is 33.2 Å². The lowest BCUT2D eigenvalue weighted by Gasteiger charge is -2.34. The van der Waals surface area contributed by atoms with Gasteiger partial charge in [0.15, 0.2) is 11.5 Å². The van der Waals surface area contributed by atoms with Crippen molar-refractivity contribution < 1.29 is 14.6 Å². The van der Waals surface area contributed by atoms with Gasteiger partial charge in [-0.25, -0.2) is 0 Å². The third-order valence-corrected chi connectivity index (χ3v) is 5.25. The number of phenolic OH excluding ortho intramolecular Hbond substituents is 1. The van der Waals surface area contributed by atoms with Crippen LogP contribution in [0.1, 0.15) is 32.3 Å². The van der Waals surface area contributed by atoms with Crippen LogP contribution in [0.15, 0.2) is 16.6 Å².